The van der Waals surface area contributed by atoms with E-state index >= 15 is 0 Å². The lowest BCUT2D eigenvalue weighted by Gasteiger charge is -2.27. The highest BCUT2D eigenvalue weighted by molar-refractivity contribution is 9.10. The number of benzene rings is 2. The number of halogens is 1. The monoisotopic (exact) mass is 333 g/mol. The summed E-state index contributed by atoms with van der Waals surface area (Å²) in [7, 11) is 0. The molecular formula is C17H20BrNO. The average Bonchev–Trinajstić information content (AvgIpc) is 2.39. The first-order valence-corrected chi connectivity index (χ1v) is 7.51. The Morgan fingerprint density at radius 1 is 1.05 bits per heavy atom. The van der Waals surface area contributed by atoms with E-state index in [1.165, 1.54) is 11.1 Å². The normalized spacial score (nSPS) is 11.6. The van der Waals surface area contributed by atoms with E-state index < -0.39 is 0 Å². The zero-order valence-electron chi connectivity index (χ0n) is 11.9. The fraction of sp³-hybridized carbons (Fsp3) is 0.294. The average molecular weight is 334 g/mol. The highest BCUT2D eigenvalue weighted by Crippen LogP contribution is 2.17. The van der Waals surface area contributed by atoms with Gasteiger partial charge < -0.3 is 10.4 Å². The Bertz CT molecular complexity index is 563. The van der Waals surface area contributed by atoms with Crippen molar-refractivity contribution in [1.82, 2.24) is 5.32 Å². The second kappa shape index (κ2) is 6.42. The summed E-state index contributed by atoms with van der Waals surface area (Å²) in [5, 5.41) is 12.9. The smallest absolute Gasteiger partial charge is 0.115 e. The molecule has 0 unspecified atom stereocenters. The van der Waals surface area contributed by atoms with Crippen molar-refractivity contribution >= 4 is 15.9 Å². The fourth-order valence-electron chi connectivity index (χ4n) is 2.17. The predicted octanol–water partition coefficient (Wildman–Crippen LogP) is 4.27. The fourth-order valence-corrected chi connectivity index (χ4v) is 2.62. The minimum absolute atomic E-state index is 0.000704. The summed E-state index contributed by atoms with van der Waals surface area (Å²) in [5.74, 6) is 0.314. The molecule has 2 rings (SSSR count). The summed E-state index contributed by atoms with van der Waals surface area (Å²) in [6, 6.07) is 15.7. The van der Waals surface area contributed by atoms with Gasteiger partial charge in [0.05, 0.1) is 0 Å². The van der Waals surface area contributed by atoms with Crippen LogP contribution in [0.15, 0.2) is 53.0 Å². The van der Waals surface area contributed by atoms with Gasteiger partial charge in [0.1, 0.15) is 5.75 Å². The third-order valence-corrected chi connectivity index (χ3v) is 3.74. The van der Waals surface area contributed by atoms with Gasteiger partial charge in [0, 0.05) is 16.6 Å². The molecule has 2 nitrogen and oxygen atoms in total. The maximum absolute atomic E-state index is 9.31. The van der Waals surface area contributed by atoms with Gasteiger partial charge in [-0.15, -0.1) is 0 Å². The molecule has 0 spiro atoms. The molecule has 0 saturated carbocycles. The topological polar surface area (TPSA) is 32.3 Å². The zero-order valence-corrected chi connectivity index (χ0v) is 13.4. The molecule has 0 fully saturated rings. The number of rotatable bonds is 5. The Hall–Kier alpha value is -1.32. The summed E-state index contributed by atoms with van der Waals surface area (Å²) in [5.41, 5.74) is 2.48. The molecule has 2 N–H and O–H groups in total. The largest absolute Gasteiger partial charge is 0.508 e. The van der Waals surface area contributed by atoms with Gasteiger partial charge in [0.15, 0.2) is 0 Å². The van der Waals surface area contributed by atoms with Gasteiger partial charge in [-0.1, -0.05) is 40.2 Å². The zero-order chi connectivity index (χ0) is 14.6. The highest BCUT2D eigenvalue weighted by atomic mass is 79.9. The van der Waals surface area contributed by atoms with Crippen LogP contribution in [0.3, 0.4) is 0 Å². The Kier molecular flexibility index (Phi) is 4.84. The number of phenolic OH excluding ortho intramolecular Hbond substituents is 1. The summed E-state index contributed by atoms with van der Waals surface area (Å²) in [4.78, 5) is 0. The summed E-state index contributed by atoms with van der Waals surface area (Å²) in [6.45, 7) is 5.22. The number of nitrogens with one attached hydrogen (secondary N) is 1. The molecule has 3 heteroatoms. The molecule has 0 aromatic heterocycles. The molecule has 0 amide bonds. The van der Waals surface area contributed by atoms with Crippen molar-refractivity contribution in [2.24, 2.45) is 0 Å². The lowest BCUT2D eigenvalue weighted by molar-refractivity contribution is 0.384. The van der Waals surface area contributed by atoms with Crippen LogP contribution in [0.25, 0.3) is 0 Å². The molecule has 0 aliphatic carbocycles. The van der Waals surface area contributed by atoms with E-state index in [2.05, 4.69) is 47.2 Å². The Labute approximate surface area is 129 Å². The number of phenols is 1. The van der Waals surface area contributed by atoms with Gasteiger partial charge in [-0.2, -0.15) is 0 Å². The second-order valence-electron chi connectivity index (χ2n) is 5.71. The molecular weight excluding hydrogens is 314 g/mol. The van der Waals surface area contributed by atoms with Gasteiger partial charge in [-0.25, -0.2) is 0 Å². The van der Waals surface area contributed by atoms with Crippen molar-refractivity contribution in [1.29, 1.82) is 0 Å². The van der Waals surface area contributed by atoms with Crippen molar-refractivity contribution < 1.29 is 5.11 Å². The quantitative estimate of drug-likeness (QED) is 0.856. The van der Waals surface area contributed by atoms with Crippen LogP contribution in [-0.2, 0) is 13.0 Å². The van der Waals surface area contributed by atoms with Gasteiger partial charge in [0.25, 0.3) is 0 Å². The molecule has 2 aromatic rings. The maximum Gasteiger partial charge on any atom is 0.115 e. The van der Waals surface area contributed by atoms with Gasteiger partial charge in [0.2, 0.25) is 0 Å². The molecule has 106 valence electrons. The lowest BCUT2D eigenvalue weighted by atomic mass is 9.94. The first kappa shape index (κ1) is 15.1. The van der Waals surface area contributed by atoms with Crippen molar-refractivity contribution in [3.63, 3.8) is 0 Å². The van der Waals surface area contributed by atoms with E-state index in [0.717, 1.165) is 17.4 Å². The molecule has 0 atom stereocenters. The molecule has 0 aliphatic heterocycles. The van der Waals surface area contributed by atoms with E-state index in [1.54, 1.807) is 12.1 Å². The van der Waals surface area contributed by atoms with E-state index in [-0.39, 0.29) is 5.54 Å². The lowest BCUT2D eigenvalue weighted by Crippen LogP contribution is -2.40. The van der Waals surface area contributed by atoms with Crippen molar-refractivity contribution in [3.05, 3.63) is 64.1 Å². The Morgan fingerprint density at radius 2 is 1.75 bits per heavy atom. The molecule has 0 radical (unpaired) electrons. The van der Waals surface area contributed by atoms with Crippen LogP contribution in [0, 0.1) is 0 Å². The standard InChI is InChI=1S/C17H20BrNO/c1-17(2,11-13-6-8-16(20)9-7-13)19-12-14-4-3-5-15(18)10-14/h3-10,19-20H,11-12H2,1-2H3. The van der Waals surface area contributed by atoms with Gasteiger partial charge in [-0.3, -0.25) is 0 Å². The summed E-state index contributed by atoms with van der Waals surface area (Å²) >= 11 is 3.49. The van der Waals surface area contributed by atoms with Crippen molar-refractivity contribution in [2.45, 2.75) is 32.4 Å². The first-order valence-electron chi connectivity index (χ1n) is 6.72. The number of hydrogen-bond acceptors (Lipinski definition) is 2. The summed E-state index contributed by atoms with van der Waals surface area (Å²) < 4.78 is 1.10. The Morgan fingerprint density at radius 3 is 2.40 bits per heavy atom. The van der Waals surface area contributed by atoms with Crippen LogP contribution in [0.4, 0.5) is 0 Å². The number of hydrogen-bond donors (Lipinski definition) is 2. The van der Waals surface area contributed by atoms with Gasteiger partial charge >= 0.3 is 0 Å². The second-order valence-corrected chi connectivity index (χ2v) is 6.63. The van der Waals surface area contributed by atoms with Crippen molar-refractivity contribution in [2.75, 3.05) is 0 Å². The molecule has 0 saturated heterocycles. The van der Waals surface area contributed by atoms with Crippen LogP contribution >= 0.6 is 15.9 Å². The van der Waals surface area contributed by atoms with E-state index in [0.29, 0.717) is 5.75 Å². The van der Waals surface area contributed by atoms with Crippen LogP contribution in [0.1, 0.15) is 25.0 Å². The van der Waals surface area contributed by atoms with Crippen LogP contribution in [-0.4, -0.2) is 10.6 Å². The molecule has 0 heterocycles. The minimum atomic E-state index is -0.000704. The summed E-state index contributed by atoms with van der Waals surface area (Å²) in [6.07, 6.45) is 0.918. The SMILES string of the molecule is CC(C)(Cc1ccc(O)cc1)NCc1cccc(Br)c1. The molecule has 2 aromatic carbocycles. The predicted molar refractivity (Wildman–Crippen MR) is 86.9 cm³/mol. The van der Waals surface area contributed by atoms with Gasteiger partial charge in [-0.05, 0) is 55.7 Å². The highest BCUT2D eigenvalue weighted by Gasteiger charge is 2.17. The van der Waals surface area contributed by atoms with Crippen LogP contribution in [0.5, 0.6) is 5.75 Å². The van der Waals surface area contributed by atoms with E-state index in [9.17, 15) is 5.11 Å². The Balaban J connectivity index is 1.95. The first-order chi connectivity index (χ1) is 9.44. The molecule has 0 bridgehead atoms. The molecule has 0 aliphatic rings. The third kappa shape index (κ3) is 4.66. The number of aromatic hydroxyl groups is 1. The van der Waals surface area contributed by atoms with Crippen LogP contribution < -0.4 is 5.32 Å². The molecule has 20 heavy (non-hydrogen) atoms. The van der Waals surface area contributed by atoms with E-state index in [4.69, 9.17) is 0 Å². The maximum atomic E-state index is 9.31. The van der Waals surface area contributed by atoms with E-state index in [1.807, 2.05) is 24.3 Å². The third-order valence-electron chi connectivity index (χ3n) is 3.24. The van der Waals surface area contributed by atoms with Crippen molar-refractivity contribution in [3.8, 4) is 5.75 Å². The van der Waals surface area contributed by atoms with Crippen LogP contribution in [0.2, 0.25) is 0 Å². The minimum Gasteiger partial charge on any atom is -0.508 e.